The molecule has 1 saturated heterocycles. The zero-order valence-electron chi connectivity index (χ0n) is 12.5. The van der Waals surface area contributed by atoms with Gasteiger partial charge >= 0.3 is 6.09 Å². The molecule has 0 radical (unpaired) electrons. The Morgan fingerprint density at radius 1 is 1.40 bits per heavy atom. The minimum absolute atomic E-state index is 0.0168. The van der Waals surface area contributed by atoms with E-state index in [0.29, 0.717) is 0 Å². The molecule has 0 aliphatic carbocycles. The first-order valence-electron chi connectivity index (χ1n) is 6.37. The molecular weight excluding hydrogens is 289 g/mol. The normalized spacial score (nSPS) is 25.6. The molecule has 1 rings (SSSR count). The van der Waals surface area contributed by atoms with Gasteiger partial charge in [0, 0.05) is 13.0 Å². The first-order chi connectivity index (χ1) is 8.82. The highest BCUT2D eigenvalue weighted by Crippen LogP contribution is 2.32. The van der Waals surface area contributed by atoms with Crippen LogP contribution in [0.3, 0.4) is 0 Å². The van der Waals surface area contributed by atoms with E-state index in [9.17, 15) is 17.6 Å². The van der Waals surface area contributed by atoms with E-state index in [4.69, 9.17) is 4.74 Å². The summed E-state index contributed by atoms with van der Waals surface area (Å²) in [6.45, 7) is 6.44. The predicted molar refractivity (Wildman–Crippen MR) is 71.7 cm³/mol. The summed E-state index contributed by atoms with van der Waals surface area (Å²) >= 11 is 0. The van der Waals surface area contributed by atoms with Crippen LogP contribution in [0.15, 0.2) is 0 Å². The number of rotatable bonds is 3. The fraction of sp³-hybridized carbons (Fsp3) is 0.917. The Bertz CT molecular complexity index is 473. The van der Waals surface area contributed by atoms with Gasteiger partial charge in [-0.1, -0.05) is 0 Å². The molecular formula is C12H22FNO5S. The second-order valence-corrected chi connectivity index (χ2v) is 7.73. The number of carbonyl (C=O) groups is 1. The first kappa shape index (κ1) is 17.2. The molecule has 6 nitrogen and oxygen atoms in total. The topological polar surface area (TPSA) is 72.9 Å². The van der Waals surface area contributed by atoms with E-state index in [1.54, 1.807) is 20.8 Å². The maximum atomic E-state index is 14.6. The third kappa shape index (κ3) is 4.90. The molecule has 0 spiro atoms. The van der Waals surface area contributed by atoms with Crippen molar-refractivity contribution in [3.63, 3.8) is 0 Å². The smallest absolute Gasteiger partial charge is 0.410 e. The maximum Gasteiger partial charge on any atom is 0.410 e. The lowest BCUT2D eigenvalue weighted by Gasteiger charge is -2.27. The molecule has 0 bridgehead atoms. The van der Waals surface area contributed by atoms with E-state index in [1.165, 1.54) is 11.8 Å². The average Bonchev–Trinajstić information content (AvgIpc) is 2.57. The van der Waals surface area contributed by atoms with Crippen LogP contribution >= 0.6 is 0 Å². The van der Waals surface area contributed by atoms with Crippen LogP contribution in [0, 0.1) is 0 Å². The van der Waals surface area contributed by atoms with E-state index >= 15 is 0 Å². The highest BCUT2D eigenvalue weighted by Gasteiger charge is 2.47. The van der Waals surface area contributed by atoms with Crippen LogP contribution in [0.4, 0.5) is 9.18 Å². The highest BCUT2D eigenvalue weighted by molar-refractivity contribution is 7.86. The molecule has 1 aliphatic heterocycles. The lowest BCUT2D eigenvalue weighted by Crippen LogP contribution is -2.43. The van der Waals surface area contributed by atoms with Crippen molar-refractivity contribution < 1.29 is 26.5 Å². The van der Waals surface area contributed by atoms with E-state index in [2.05, 4.69) is 4.18 Å². The van der Waals surface area contributed by atoms with Gasteiger partial charge in [-0.15, -0.1) is 0 Å². The zero-order valence-corrected chi connectivity index (χ0v) is 13.3. The summed E-state index contributed by atoms with van der Waals surface area (Å²) in [4.78, 5) is 13.1. The van der Waals surface area contributed by atoms with Gasteiger partial charge in [0.05, 0.1) is 12.8 Å². The number of alkyl halides is 1. The molecule has 2 unspecified atom stereocenters. The number of nitrogens with zero attached hydrogens (tertiary/aromatic N) is 1. The van der Waals surface area contributed by atoms with Crippen molar-refractivity contribution in [2.75, 3.05) is 19.3 Å². The Morgan fingerprint density at radius 2 is 1.95 bits per heavy atom. The maximum absolute atomic E-state index is 14.6. The molecule has 1 heterocycles. The van der Waals surface area contributed by atoms with E-state index in [-0.39, 0.29) is 19.5 Å². The van der Waals surface area contributed by atoms with Gasteiger partial charge in [0.1, 0.15) is 11.7 Å². The van der Waals surface area contributed by atoms with E-state index in [1.807, 2.05) is 0 Å². The van der Waals surface area contributed by atoms with Gasteiger partial charge in [0.2, 0.25) is 0 Å². The summed E-state index contributed by atoms with van der Waals surface area (Å²) in [5.74, 6) is 0. The summed E-state index contributed by atoms with van der Waals surface area (Å²) in [6, 6.07) is 0. The SMILES string of the molecule is CC(OS(C)(=O)=O)C1(F)CCN(C(=O)OC(C)(C)C)C1. The predicted octanol–water partition coefficient (Wildman–Crippen LogP) is 1.70. The van der Waals surface area contributed by atoms with Crippen LogP contribution in [0.1, 0.15) is 34.1 Å². The Kier molecular flexibility index (Phi) is 4.70. The first-order valence-corrected chi connectivity index (χ1v) is 8.19. The summed E-state index contributed by atoms with van der Waals surface area (Å²) in [7, 11) is -3.74. The summed E-state index contributed by atoms with van der Waals surface area (Å²) in [6.07, 6.45) is -0.871. The van der Waals surface area contributed by atoms with Gasteiger partial charge < -0.3 is 9.64 Å². The molecule has 1 fully saturated rings. The van der Waals surface area contributed by atoms with Gasteiger partial charge in [-0.05, 0) is 27.7 Å². The Labute approximate surface area is 119 Å². The molecule has 0 aromatic carbocycles. The van der Waals surface area contributed by atoms with Crippen molar-refractivity contribution >= 4 is 16.2 Å². The molecule has 0 N–H and O–H groups in total. The lowest BCUT2D eigenvalue weighted by molar-refractivity contribution is 0.0115. The number of carbonyl (C=O) groups excluding carboxylic acids is 1. The molecule has 0 saturated carbocycles. The van der Waals surface area contributed by atoms with Crippen LogP contribution in [0.2, 0.25) is 0 Å². The van der Waals surface area contributed by atoms with Crippen LogP contribution < -0.4 is 0 Å². The van der Waals surface area contributed by atoms with Crippen LogP contribution in [-0.4, -0.2) is 56.1 Å². The zero-order chi connectivity index (χ0) is 15.8. The third-order valence-corrected chi connectivity index (χ3v) is 3.59. The molecule has 8 heteroatoms. The van der Waals surface area contributed by atoms with E-state index < -0.39 is 33.6 Å². The van der Waals surface area contributed by atoms with Crippen molar-refractivity contribution in [2.45, 2.75) is 51.5 Å². The number of hydrogen-bond donors (Lipinski definition) is 0. The van der Waals surface area contributed by atoms with Gasteiger partial charge in [-0.3, -0.25) is 4.18 Å². The minimum Gasteiger partial charge on any atom is -0.444 e. The molecule has 118 valence electrons. The van der Waals surface area contributed by atoms with Gasteiger partial charge in [-0.2, -0.15) is 8.42 Å². The van der Waals surface area contributed by atoms with Crippen molar-refractivity contribution in [3.05, 3.63) is 0 Å². The molecule has 2 atom stereocenters. The van der Waals surface area contributed by atoms with Crippen molar-refractivity contribution in [3.8, 4) is 0 Å². The van der Waals surface area contributed by atoms with Crippen LogP contribution in [0.25, 0.3) is 0 Å². The molecule has 1 amide bonds. The largest absolute Gasteiger partial charge is 0.444 e. The van der Waals surface area contributed by atoms with Crippen LogP contribution in [0.5, 0.6) is 0 Å². The third-order valence-electron chi connectivity index (χ3n) is 2.95. The van der Waals surface area contributed by atoms with Crippen LogP contribution in [-0.2, 0) is 19.0 Å². The Morgan fingerprint density at radius 3 is 2.40 bits per heavy atom. The molecule has 20 heavy (non-hydrogen) atoms. The lowest BCUT2D eigenvalue weighted by atomic mass is 10.00. The minimum atomic E-state index is -3.74. The fourth-order valence-electron chi connectivity index (χ4n) is 1.96. The quantitative estimate of drug-likeness (QED) is 0.742. The van der Waals surface area contributed by atoms with Gasteiger partial charge in [0.15, 0.2) is 5.67 Å². The summed E-state index contributed by atoms with van der Waals surface area (Å²) in [5.41, 5.74) is -2.55. The second kappa shape index (κ2) is 5.48. The van der Waals surface area contributed by atoms with Crippen molar-refractivity contribution in [1.29, 1.82) is 0 Å². The highest BCUT2D eigenvalue weighted by atomic mass is 32.2. The fourth-order valence-corrected chi connectivity index (χ4v) is 2.66. The van der Waals surface area contributed by atoms with Crippen molar-refractivity contribution in [2.24, 2.45) is 0 Å². The van der Waals surface area contributed by atoms with Crippen molar-refractivity contribution in [1.82, 2.24) is 4.90 Å². The number of halogens is 1. The number of ether oxygens (including phenoxy) is 1. The molecule has 0 aromatic rings. The number of likely N-dealkylation sites (tertiary alicyclic amines) is 1. The molecule has 0 aromatic heterocycles. The van der Waals surface area contributed by atoms with E-state index in [0.717, 1.165) is 6.26 Å². The number of amides is 1. The molecule has 1 aliphatic rings. The van der Waals surface area contributed by atoms with Gasteiger partial charge in [0.25, 0.3) is 10.1 Å². The Balaban J connectivity index is 2.68. The Hall–Kier alpha value is -0.890. The number of hydrogen-bond acceptors (Lipinski definition) is 5. The standard InChI is InChI=1S/C12H22FNO5S/c1-9(19-20(5,16)17)12(13)6-7-14(8-12)10(15)18-11(2,3)4/h9H,6-8H2,1-5H3. The summed E-state index contributed by atoms with van der Waals surface area (Å²) < 4.78 is 46.6. The average molecular weight is 311 g/mol. The van der Waals surface area contributed by atoms with Gasteiger partial charge in [-0.25, -0.2) is 9.18 Å². The summed E-state index contributed by atoms with van der Waals surface area (Å²) in [5, 5.41) is 0. The monoisotopic (exact) mass is 311 g/mol. The second-order valence-electron chi connectivity index (χ2n) is 6.13.